The molecule has 1 aliphatic rings. The SMILES string of the molecule is COc1cc(-c2[nH]ncc2CN2CCCC2c2ccccn2)cc(OC)c1OC. The van der Waals surface area contributed by atoms with Crippen LogP contribution >= 0.6 is 0 Å². The van der Waals surface area contributed by atoms with E-state index < -0.39 is 0 Å². The van der Waals surface area contributed by atoms with Crippen LogP contribution in [0.15, 0.2) is 42.7 Å². The van der Waals surface area contributed by atoms with Crippen LogP contribution in [0.25, 0.3) is 11.3 Å². The zero-order valence-electron chi connectivity index (χ0n) is 17.0. The van der Waals surface area contributed by atoms with E-state index in [1.165, 1.54) is 6.42 Å². The highest BCUT2D eigenvalue weighted by Crippen LogP contribution is 2.42. The maximum absolute atomic E-state index is 5.51. The Hall–Kier alpha value is -3.06. The van der Waals surface area contributed by atoms with Crippen LogP contribution in [-0.2, 0) is 6.54 Å². The summed E-state index contributed by atoms with van der Waals surface area (Å²) in [7, 11) is 4.85. The molecule has 29 heavy (non-hydrogen) atoms. The molecule has 0 spiro atoms. The molecule has 0 aliphatic carbocycles. The van der Waals surface area contributed by atoms with Gasteiger partial charge in [-0.2, -0.15) is 5.10 Å². The fraction of sp³-hybridized carbons (Fsp3) is 0.364. The first-order valence-electron chi connectivity index (χ1n) is 9.72. The molecule has 2 aromatic heterocycles. The van der Waals surface area contributed by atoms with Gasteiger partial charge in [-0.25, -0.2) is 0 Å². The Morgan fingerprint density at radius 1 is 1.10 bits per heavy atom. The molecule has 1 fully saturated rings. The second-order valence-corrected chi connectivity index (χ2v) is 7.07. The minimum Gasteiger partial charge on any atom is -0.493 e. The van der Waals surface area contributed by atoms with Crippen LogP contribution in [0.2, 0.25) is 0 Å². The van der Waals surface area contributed by atoms with Gasteiger partial charge in [0.05, 0.1) is 45.0 Å². The summed E-state index contributed by atoms with van der Waals surface area (Å²) in [5.74, 6) is 1.82. The molecule has 1 atom stereocenters. The number of ether oxygens (including phenoxy) is 3. The summed E-state index contributed by atoms with van der Waals surface area (Å²) in [6.07, 6.45) is 6.05. The van der Waals surface area contributed by atoms with Gasteiger partial charge in [0.2, 0.25) is 5.75 Å². The normalized spacial score (nSPS) is 16.7. The average molecular weight is 394 g/mol. The lowest BCUT2D eigenvalue weighted by Gasteiger charge is -2.24. The van der Waals surface area contributed by atoms with Gasteiger partial charge in [-0.05, 0) is 43.7 Å². The van der Waals surface area contributed by atoms with Crippen LogP contribution < -0.4 is 14.2 Å². The predicted molar refractivity (Wildman–Crippen MR) is 110 cm³/mol. The summed E-state index contributed by atoms with van der Waals surface area (Å²) < 4.78 is 16.5. The number of likely N-dealkylation sites (tertiary alicyclic amines) is 1. The number of hydrogen-bond donors (Lipinski definition) is 1. The summed E-state index contributed by atoms with van der Waals surface area (Å²) >= 11 is 0. The van der Waals surface area contributed by atoms with Gasteiger partial charge in [0.15, 0.2) is 11.5 Å². The van der Waals surface area contributed by atoms with E-state index in [0.29, 0.717) is 23.3 Å². The van der Waals surface area contributed by atoms with Gasteiger partial charge < -0.3 is 14.2 Å². The van der Waals surface area contributed by atoms with Gasteiger partial charge >= 0.3 is 0 Å². The van der Waals surface area contributed by atoms with E-state index in [4.69, 9.17) is 14.2 Å². The van der Waals surface area contributed by atoms with E-state index in [9.17, 15) is 0 Å². The minimum atomic E-state index is 0.332. The Kier molecular flexibility index (Phi) is 5.67. The van der Waals surface area contributed by atoms with Crippen molar-refractivity contribution < 1.29 is 14.2 Å². The predicted octanol–water partition coefficient (Wildman–Crippen LogP) is 3.83. The van der Waals surface area contributed by atoms with Gasteiger partial charge in [-0.1, -0.05) is 6.07 Å². The van der Waals surface area contributed by atoms with E-state index in [0.717, 1.165) is 42.0 Å². The largest absolute Gasteiger partial charge is 0.493 e. The number of pyridine rings is 1. The summed E-state index contributed by atoms with van der Waals surface area (Å²) in [5.41, 5.74) is 4.15. The summed E-state index contributed by atoms with van der Waals surface area (Å²) in [6, 6.07) is 10.3. The molecule has 0 bridgehead atoms. The van der Waals surface area contributed by atoms with Gasteiger partial charge in [0.1, 0.15) is 0 Å². The van der Waals surface area contributed by atoms with Crippen molar-refractivity contribution in [2.24, 2.45) is 0 Å². The van der Waals surface area contributed by atoms with Crippen molar-refractivity contribution in [2.75, 3.05) is 27.9 Å². The number of aromatic amines is 1. The standard InChI is InChI=1S/C22H26N4O3/c1-27-19-11-15(12-20(28-2)22(19)29-3)21-16(13-24-25-21)14-26-10-6-8-18(26)17-7-4-5-9-23-17/h4-5,7,9,11-13,18H,6,8,10,14H2,1-3H3,(H,24,25). The lowest BCUT2D eigenvalue weighted by Crippen LogP contribution is -2.23. The van der Waals surface area contributed by atoms with Gasteiger partial charge in [0, 0.05) is 23.9 Å². The van der Waals surface area contributed by atoms with Crippen LogP contribution in [0.5, 0.6) is 17.2 Å². The smallest absolute Gasteiger partial charge is 0.203 e. The zero-order valence-corrected chi connectivity index (χ0v) is 17.0. The Morgan fingerprint density at radius 2 is 1.90 bits per heavy atom. The van der Waals surface area contributed by atoms with Crippen molar-refractivity contribution in [3.63, 3.8) is 0 Å². The van der Waals surface area contributed by atoms with Crippen molar-refractivity contribution in [1.82, 2.24) is 20.1 Å². The van der Waals surface area contributed by atoms with Crippen LogP contribution in [0.3, 0.4) is 0 Å². The third-order valence-electron chi connectivity index (χ3n) is 5.44. The topological polar surface area (TPSA) is 72.5 Å². The highest BCUT2D eigenvalue weighted by atomic mass is 16.5. The molecule has 1 saturated heterocycles. The van der Waals surface area contributed by atoms with Crippen molar-refractivity contribution in [1.29, 1.82) is 0 Å². The molecule has 152 valence electrons. The number of methoxy groups -OCH3 is 3. The third kappa shape index (κ3) is 3.78. The highest BCUT2D eigenvalue weighted by Gasteiger charge is 2.28. The average Bonchev–Trinajstić information content (AvgIpc) is 3.43. The number of hydrogen-bond acceptors (Lipinski definition) is 6. The fourth-order valence-electron chi connectivity index (χ4n) is 4.05. The monoisotopic (exact) mass is 394 g/mol. The fourth-order valence-corrected chi connectivity index (χ4v) is 4.05. The number of aromatic nitrogens is 3. The second kappa shape index (κ2) is 8.53. The third-order valence-corrected chi connectivity index (χ3v) is 5.44. The second-order valence-electron chi connectivity index (χ2n) is 7.07. The maximum atomic E-state index is 5.51. The Morgan fingerprint density at radius 3 is 2.55 bits per heavy atom. The summed E-state index contributed by atoms with van der Waals surface area (Å²) in [5, 5.41) is 7.46. The number of benzene rings is 1. The minimum absolute atomic E-state index is 0.332. The molecule has 1 N–H and O–H groups in total. The lowest BCUT2D eigenvalue weighted by atomic mass is 10.1. The number of nitrogens with zero attached hydrogens (tertiary/aromatic N) is 3. The molecule has 1 aromatic carbocycles. The summed E-state index contributed by atoms with van der Waals surface area (Å²) in [6.45, 7) is 1.84. The maximum Gasteiger partial charge on any atom is 0.203 e. The van der Waals surface area contributed by atoms with E-state index >= 15 is 0 Å². The summed E-state index contributed by atoms with van der Waals surface area (Å²) in [4.78, 5) is 7.04. The van der Waals surface area contributed by atoms with Gasteiger partial charge in [-0.3, -0.25) is 15.0 Å². The highest BCUT2D eigenvalue weighted by molar-refractivity contribution is 5.70. The molecule has 1 aliphatic heterocycles. The molecule has 7 nitrogen and oxygen atoms in total. The first-order chi connectivity index (χ1) is 14.2. The van der Waals surface area contributed by atoms with Crippen LogP contribution in [0.4, 0.5) is 0 Å². The van der Waals surface area contributed by atoms with E-state index in [1.807, 2.05) is 30.6 Å². The molecule has 3 aromatic rings. The Balaban J connectivity index is 1.64. The molecule has 7 heteroatoms. The quantitative estimate of drug-likeness (QED) is 0.657. The first kappa shape index (κ1) is 19.3. The van der Waals surface area contributed by atoms with Crippen LogP contribution in [-0.4, -0.2) is 48.0 Å². The zero-order chi connectivity index (χ0) is 20.2. The van der Waals surface area contributed by atoms with Gasteiger partial charge in [-0.15, -0.1) is 0 Å². The molecular weight excluding hydrogens is 368 g/mol. The first-order valence-corrected chi connectivity index (χ1v) is 9.72. The number of rotatable bonds is 7. The molecule has 0 amide bonds. The van der Waals surface area contributed by atoms with Crippen molar-refractivity contribution in [3.05, 3.63) is 54.0 Å². The van der Waals surface area contributed by atoms with E-state index in [2.05, 4.69) is 32.2 Å². The van der Waals surface area contributed by atoms with Crippen LogP contribution in [0, 0.1) is 0 Å². The molecule has 0 radical (unpaired) electrons. The van der Waals surface area contributed by atoms with E-state index in [1.54, 1.807) is 21.3 Å². The molecule has 4 rings (SSSR count). The van der Waals surface area contributed by atoms with Crippen molar-refractivity contribution in [3.8, 4) is 28.5 Å². The number of H-pyrrole nitrogens is 1. The van der Waals surface area contributed by atoms with Crippen LogP contribution in [0.1, 0.15) is 30.1 Å². The number of nitrogens with one attached hydrogen (secondary N) is 1. The van der Waals surface area contributed by atoms with Crippen molar-refractivity contribution >= 4 is 0 Å². The Bertz CT molecular complexity index is 933. The molecule has 3 heterocycles. The van der Waals surface area contributed by atoms with E-state index in [-0.39, 0.29) is 0 Å². The Labute approximate surface area is 170 Å². The van der Waals surface area contributed by atoms with Gasteiger partial charge in [0.25, 0.3) is 0 Å². The van der Waals surface area contributed by atoms with Crippen molar-refractivity contribution in [2.45, 2.75) is 25.4 Å². The molecular formula is C22H26N4O3. The lowest BCUT2D eigenvalue weighted by molar-refractivity contribution is 0.245. The molecule has 1 unspecified atom stereocenters. The molecule has 0 saturated carbocycles.